The van der Waals surface area contributed by atoms with Gasteiger partial charge < -0.3 is 9.47 Å². The first-order chi connectivity index (χ1) is 9.09. The number of benzene rings is 1. The summed E-state index contributed by atoms with van der Waals surface area (Å²) in [4.78, 5) is 12.3. The molecule has 1 heterocycles. The molecule has 1 aliphatic heterocycles. The number of halogens is 2. The predicted molar refractivity (Wildman–Crippen MR) is 64.9 cm³/mol. The summed E-state index contributed by atoms with van der Waals surface area (Å²) in [6.45, 7) is 0.832. The Labute approximate surface area is 110 Å². The monoisotopic (exact) mass is 270 g/mol. The first-order valence-electron chi connectivity index (χ1n) is 6.18. The second-order valence-electron chi connectivity index (χ2n) is 4.61. The smallest absolute Gasteiger partial charge is 0.169 e. The number of Topliss-reactive ketones (excluding diaryl/α,β-unsaturated/α-hetero) is 1. The summed E-state index contributed by atoms with van der Waals surface area (Å²) in [6, 6.07) is 3.57. The third kappa shape index (κ3) is 2.82. The Balaban J connectivity index is 2.20. The number of methoxy groups -OCH3 is 1. The fraction of sp³-hybridized carbons (Fsp3) is 0.500. The van der Waals surface area contributed by atoms with Crippen molar-refractivity contribution in [3.05, 3.63) is 35.4 Å². The Morgan fingerprint density at radius 1 is 1.32 bits per heavy atom. The van der Waals surface area contributed by atoms with Crippen LogP contribution in [-0.2, 0) is 20.7 Å². The van der Waals surface area contributed by atoms with Gasteiger partial charge in [0.2, 0.25) is 0 Å². The minimum atomic E-state index is -0.979. The molecule has 1 fully saturated rings. The molecule has 0 aliphatic carbocycles. The van der Waals surface area contributed by atoms with Gasteiger partial charge in [0.05, 0.1) is 0 Å². The summed E-state index contributed by atoms with van der Waals surface area (Å²) in [5.74, 6) is -1.71. The van der Waals surface area contributed by atoms with Crippen LogP contribution in [0.3, 0.4) is 0 Å². The number of ether oxygens (including phenoxy) is 2. The van der Waals surface area contributed by atoms with Crippen LogP contribution < -0.4 is 0 Å². The SMILES string of the molecule is COC1(C(=O)Cc2c(F)cccc2F)CCOCC1. The fourth-order valence-corrected chi connectivity index (χ4v) is 2.32. The minimum Gasteiger partial charge on any atom is -0.381 e. The molecule has 0 unspecified atom stereocenters. The molecule has 5 heteroatoms. The van der Waals surface area contributed by atoms with Gasteiger partial charge in [-0.1, -0.05) is 6.07 Å². The Hall–Kier alpha value is -1.33. The number of carbonyl (C=O) groups excluding carboxylic acids is 1. The molecular formula is C14H16F2O3. The standard InChI is InChI=1S/C14H16F2O3/c1-18-14(5-7-19-8-6-14)13(17)9-10-11(15)3-2-4-12(10)16/h2-4H,5-9H2,1H3. The third-order valence-corrected chi connectivity index (χ3v) is 3.60. The van der Waals surface area contributed by atoms with Gasteiger partial charge in [0.25, 0.3) is 0 Å². The lowest BCUT2D eigenvalue weighted by atomic mass is 9.86. The summed E-state index contributed by atoms with van der Waals surface area (Å²) in [5, 5.41) is 0. The number of rotatable bonds is 4. The Morgan fingerprint density at radius 3 is 2.42 bits per heavy atom. The van der Waals surface area contributed by atoms with E-state index in [0.29, 0.717) is 26.1 Å². The van der Waals surface area contributed by atoms with Crippen LogP contribution in [0.5, 0.6) is 0 Å². The van der Waals surface area contributed by atoms with Gasteiger partial charge >= 0.3 is 0 Å². The molecule has 104 valence electrons. The topological polar surface area (TPSA) is 35.5 Å². The molecule has 0 atom stereocenters. The molecule has 19 heavy (non-hydrogen) atoms. The van der Waals surface area contributed by atoms with Gasteiger partial charge in [-0.15, -0.1) is 0 Å². The lowest BCUT2D eigenvalue weighted by molar-refractivity contribution is -0.152. The summed E-state index contributed by atoms with van der Waals surface area (Å²) < 4.78 is 37.6. The van der Waals surface area contributed by atoms with Crippen LogP contribution in [0.25, 0.3) is 0 Å². The molecule has 0 amide bonds. The predicted octanol–water partition coefficient (Wildman–Crippen LogP) is 2.27. The van der Waals surface area contributed by atoms with Crippen LogP contribution in [-0.4, -0.2) is 31.7 Å². The van der Waals surface area contributed by atoms with Crippen LogP contribution in [0.1, 0.15) is 18.4 Å². The zero-order valence-electron chi connectivity index (χ0n) is 10.7. The maximum absolute atomic E-state index is 13.5. The van der Waals surface area contributed by atoms with Gasteiger partial charge in [-0.3, -0.25) is 4.79 Å². The summed E-state index contributed by atoms with van der Waals surface area (Å²) in [5.41, 5.74) is -1.18. The summed E-state index contributed by atoms with van der Waals surface area (Å²) in [6.07, 6.45) is 0.531. The molecule has 1 aromatic carbocycles. The third-order valence-electron chi connectivity index (χ3n) is 3.60. The van der Waals surface area contributed by atoms with E-state index in [-0.39, 0.29) is 17.8 Å². The van der Waals surface area contributed by atoms with Gasteiger partial charge in [0, 0.05) is 45.1 Å². The Bertz CT molecular complexity index is 448. The molecule has 0 saturated carbocycles. The average Bonchev–Trinajstić information content (AvgIpc) is 2.43. The molecule has 0 spiro atoms. The second-order valence-corrected chi connectivity index (χ2v) is 4.61. The molecule has 1 aliphatic rings. The van der Waals surface area contributed by atoms with Crippen molar-refractivity contribution in [2.75, 3.05) is 20.3 Å². The first kappa shape index (κ1) is 14.1. The highest BCUT2D eigenvalue weighted by Crippen LogP contribution is 2.28. The van der Waals surface area contributed by atoms with Crippen molar-refractivity contribution in [3.8, 4) is 0 Å². The van der Waals surface area contributed by atoms with E-state index in [9.17, 15) is 13.6 Å². The molecule has 0 aromatic heterocycles. The van der Waals surface area contributed by atoms with E-state index in [4.69, 9.17) is 9.47 Å². The zero-order valence-corrected chi connectivity index (χ0v) is 10.7. The molecule has 3 nitrogen and oxygen atoms in total. The van der Waals surface area contributed by atoms with Crippen LogP contribution >= 0.6 is 0 Å². The lowest BCUT2D eigenvalue weighted by Gasteiger charge is -2.34. The van der Waals surface area contributed by atoms with Crippen LogP contribution in [0.4, 0.5) is 8.78 Å². The van der Waals surface area contributed by atoms with Crippen molar-refractivity contribution in [2.45, 2.75) is 24.9 Å². The molecular weight excluding hydrogens is 254 g/mol. The quantitative estimate of drug-likeness (QED) is 0.842. The van der Waals surface area contributed by atoms with Crippen LogP contribution in [0, 0.1) is 11.6 Å². The summed E-state index contributed by atoms with van der Waals surface area (Å²) >= 11 is 0. The highest BCUT2D eigenvalue weighted by Gasteiger charge is 2.40. The highest BCUT2D eigenvalue weighted by molar-refractivity contribution is 5.89. The maximum atomic E-state index is 13.5. The van der Waals surface area contributed by atoms with E-state index in [2.05, 4.69) is 0 Å². The fourth-order valence-electron chi connectivity index (χ4n) is 2.32. The maximum Gasteiger partial charge on any atom is 0.169 e. The number of hydrogen-bond acceptors (Lipinski definition) is 3. The van der Waals surface area contributed by atoms with Gasteiger partial charge in [-0.2, -0.15) is 0 Å². The van der Waals surface area contributed by atoms with Crippen LogP contribution in [0.2, 0.25) is 0 Å². The number of hydrogen-bond donors (Lipinski definition) is 0. The van der Waals surface area contributed by atoms with Crippen LogP contribution in [0.15, 0.2) is 18.2 Å². The zero-order chi connectivity index (χ0) is 13.9. The van der Waals surface area contributed by atoms with Crippen molar-refractivity contribution >= 4 is 5.78 Å². The molecule has 1 aromatic rings. The van der Waals surface area contributed by atoms with Gasteiger partial charge in [-0.05, 0) is 12.1 Å². The van der Waals surface area contributed by atoms with Gasteiger partial charge in [0.15, 0.2) is 5.78 Å². The first-order valence-corrected chi connectivity index (χ1v) is 6.18. The molecule has 0 bridgehead atoms. The normalized spacial score (nSPS) is 18.3. The van der Waals surface area contributed by atoms with Gasteiger partial charge in [0.1, 0.15) is 17.2 Å². The van der Waals surface area contributed by atoms with Crippen molar-refractivity contribution in [2.24, 2.45) is 0 Å². The highest BCUT2D eigenvalue weighted by atomic mass is 19.1. The van der Waals surface area contributed by atoms with E-state index in [1.165, 1.54) is 13.2 Å². The van der Waals surface area contributed by atoms with E-state index < -0.39 is 17.2 Å². The lowest BCUT2D eigenvalue weighted by Crippen LogP contribution is -2.46. The molecule has 0 N–H and O–H groups in total. The number of ketones is 1. The Morgan fingerprint density at radius 2 is 1.89 bits per heavy atom. The van der Waals surface area contributed by atoms with Crippen molar-refractivity contribution < 1.29 is 23.0 Å². The second kappa shape index (κ2) is 5.75. The van der Waals surface area contributed by atoms with Crippen molar-refractivity contribution in [1.82, 2.24) is 0 Å². The molecule has 0 radical (unpaired) electrons. The van der Waals surface area contributed by atoms with E-state index >= 15 is 0 Å². The Kier molecular flexibility index (Phi) is 4.27. The van der Waals surface area contributed by atoms with E-state index in [1.807, 2.05) is 0 Å². The largest absolute Gasteiger partial charge is 0.381 e. The molecule has 2 rings (SSSR count). The van der Waals surface area contributed by atoms with E-state index in [1.54, 1.807) is 0 Å². The number of carbonyl (C=O) groups is 1. The van der Waals surface area contributed by atoms with Crippen molar-refractivity contribution in [3.63, 3.8) is 0 Å². The van der Waals surface area contributed by atoms with Gasteiger partial charge in [-0.25, -0.2) is 8.78 Å². The van der Waals surface area contributed by atoms with Crippen molar-refractivity contribution in [1.29, 1.82) is 0 Å². The summed E-state index contributed by atoms with van der Waals surface area (Å²) in [7, 11) is 1.45. The average molecular weight is 270 g/mol. The van der Waals surface area contributed by atoms with E-state index in [0.717, 1.165) is 12.1 Å². The minimum absolute atomic E-state index is 0.199. The molecule has 1 saturated heterocycles.